The first-order chi connectivity index (χ1) is 8.91. The summed E-state index contributed by atoms with van der Waals surface area (Å²) in [6.07, 6.45) is 2.72. The van der Waals surface area contributed by atoms with Gasteiger partial charge in [-0.2, -0.15) is 4.31 Å². The summed E-state index contributed by atoms with van der Waals surface area (Å²) < 4.78 is 39.7. The fourth-order valence-corrected chi connectivity index (χ4v) is 3.80. The Kier molecular flexibility index (Phi) is 4.10. The molecule has 1 atom stereocenters. The SMILES string of the molecule is CC1CCCN(S(=O)(=O)c2ccc(N)c(F)c2)CC1. The van der Waals surface area contributed by atoms with Crippen molar-refractivity contribution < 1.29 is 12.8 Å². The number of nitrogen functional groups attached to an aromatic ring is 1. The van der Waals surface area contributed by atoms with Crippen molar-refractivity contribution in [1.29, 1.82) is 0 Å². The van der Waals surface area contributed by atoms with E-state index >= 15 is 0 Å². The third-order valence-corrected chi connectivity index (χ3v) is 5.48. The van der Waals surface area contributed by atoms with Gasteiger partial charge in [0.05, 0.1) is 10.6 Å². The fourth-order valence-electron chi connectivity index (χ4n) is 2.29. The third kappa shape index (κ3) is 3.06. The zero-order valence-corrected chi connectivity index (χ0v) is 11.8. The van der Waals surface area contributed by atoms with Gasteiger partial charge in [0, 0.05) is 13.1 Å². The monoisotopic (exact) mass is 286 g/mol. The van der Waals surface area contributed by atoms with E-state index in [9.17, 15) is 12.8 Å². The Morgan fingerprint density at radius 1 is 1.32 bits per heavy atom. The smallest absolute Gasteiger partial charge is 0.243 e. The van der Waals surface area contributed by atoms with Crippen molar-refractivity contribution in [3.63, 3.8) is 0 Å². The number of halogens is 1. The molecule has 106 valence electrons. The van der Waals surface area contributed by atoms with Gasteiger partial charge >= 0.3 is 0 Å². The van der Waals surface area contributed by atoms with E-state index in [0.717, 1.165) is 25.3 Å². The number of nitrogens with two attached hydrogens (primary N) is 1. The highest BCUT2D eigenvalue weighted by molar-refractivity contribution is 7.89. The van der Waals surface area contributed by atoms with Gasteiger partial charge in [-0.3, -0.25) is 0 Å². The summed E-state index contributed by atoms with van der Waals surface area (Å²) in [4.78, 5) is -0.0197. The molecular weight excluding hydrogens is 267 g/mol. The highest BCUT2D eigenvalue weighted by Crippen LogP contribution is 2.24. The summed E-state index contributed by atoms with van der Waals surface area (Å²) in [6.45, 7) is 3.12. The molecule has 0 amide bonds. The van der Waals surface area contributed by atoms with E-state index in [1.807, 2.05) is 0 Å². The summed E-state index contributed by atoms with van der Waals surface area (Å²) in [5.41, 5.74) is 5.33. The number of benzene rings is 1. The van der Waals surface area contributed by atoms with Crippen LogP contribution in [0.15, 0.2) is 23.1 Å². The molecule has 1 heterocycles. The molecule has 1 aliphatic heterocycles. The van der Waals surface area contributed by atoms with Gasteiger partial charge in [-0.05, 0) is 43.4 Å². The van der Waals surface area contributed by atoms with E-state index in [1.165, 1.54) is 16.4 Å². The number of sulfonamides is 1. The Labute approximate surface area is 113 Å². The molecule has 1 aromatic rings. The predicted octanol–water partition coefficient (Wildman–Crippen LogP) is 2.22. The van der Waals surface area contributed by atoms with Gasteiger partial charge in [-0.1, -0.05) is 6.92 Å². The van der Waals surface area contributed by atoms with Crippen LogP contribution >= 0.6 is 0 Å². The molecular formula is C13H19FN2O2S. The van der Waals surface area contributed by atoms with E-state index in [4.69, 9.17) is 5.73 Å². The normalized spacial score (nSPS) is 22.1. The lowest BCUT2D eigenvalue weighted by Gasteiger charge is -2.20. The van der Waals surface area contributed by atoms with Crippen molar-refractivity contribution in [2.45, 2.75) is 31.1 Å². The van der Waals surface area contributed by atoms with E-state index in [0.29, 0.717) is 19.0 Å². The summed E-state index contributed by atoms with van der Waals surface area (Å²) in [6, 6.07) is 3.66. The first-order valence-corrected chi connectivity index (χ1v) is 7.90. The van der Waals surface area contributed by atoms with Crippen LogP contribution in [0.5, 0.6) is 0 Å². The fraction of sp³-hybridized carbons (Fsp3) is 0.538. The van der Waals surface area contributed by atoms with Crippen LogP contribution < -0.4 is 5.73 Å². The maximum atomic E-state index is 13.4. The van der Waals surface area contributed by atoms with Crippen LogP contribution in [0, 0.1) is 11.7 Å². The standard InChI is InChI=1S/C13H19FN2O2S/c1-10-3-2-7-16(8-6-10)19(17,18)11-4-5-13(15)12(14)9-11/h4-5,9-10H,2-3,6-8,15H2,1H3. The Bertz CT molecular complexity index is 560. The number of anilines is 1. The molecule has 1 saturated heterocycles. The molecule has 4 nitrogen and oxygen atoms in total. The topological polar surface area (TPSA) is 63.4 Å². The summed E-state index contributed by atoms with van der Waals surface area (Å²) in [5, 5.41) is 0. The molecule has 0 spiro atoms. The van der Waals surface area contributed by atoms with E-state index in [-0.39, 0.29) is 10.6 Å². The van der Waals surface area contributed by atoms with Crippen LogP contribution in [0.3, 0.4) is 0 Å². The average molecular weight is 286 g/mol. The molecule has 0 aromatic heterocycles. The van der Waals surface area contributed by atoms with Crippen LogP contribution in [0.25, 0.3) is 0 Å². The second-order valence-corrected chi connectivity index (χ2v) is 7.06. The molecule has 1 aliphatic rings. The van der Waals surface area contributed by atoms with Crippen molar-refractivity contribution in [2.24, 2.45) is 5.92 Å². The Hall–Kier alpha value is -1.14. The highest BCUT2D eigenvalue weighted by atomic mass is 32.2. The third-order valence-electron chi connectivity index (χ3n) is 3.59. The quantitative estimate of drug-likeness (QED) is 0.848. The van der Waals surface area contributed by atoms with Crippen molar-refractivity contribution >= 4 is 15.7 Å². The largest absolute Gasteiger partial charge is 0.396 e. The first kappa shape index (κ1) is 14.3. The van der Waals surface area contributed by atoms with Gasteiger partial charge in [-0.25, -0.2) is 12.8 Å². The Morgan fingerprint density at radius 2 is 2.05 bits per heavy atom. The van der Waals surface area contributed by atoms with Gasteiger partial charge < -0.3 is 5.73 Å². The predicted molar refractivity (Wildman–Crippen MR) is 72.6 cm³/mol. The van der Waals surface area contributed by atoms with Crippen molar-refractivity contribution in [1.82, 2.24) is 4.31 Å². The molecule has 2 rings (SSSR count). The van der Waals surface area contributed by atoms with Crippen molar-refractivity contribution in [3.8, 4) is 0 Å². The van der Waals surface area contributed by atoms with Gasteiger partial charge in [0.2, 0.25) is 10.0 Å². The van der Waals surface area contributed by atoms with Gasteiger partial charge in [-0.15, -0.1) is 0 Å². The molecule has 1 fully saturated rings. The minimum atomic E-state index is -3.61. The lowest BCUT2D eigenvalue weighted by molar-refractivity contribution is 0.416. The first-order valence-electron chi connectivity index (χ1n) is 6.46. The van der Waals surface area contributed by atoms with E-state index in [1.54, 1.807) is 0 Å². The summed E-state index contributed by atoms with van der Waals surface area (Å²) in [5.74, 6) is -0.160. The van der Waals surface area contributed by atoms with E-state index in [2.05, 4.69) is 6.92 Å². The molecule has 2 N–H and O–H groups in total. The molecule has 0 saturated carbocycles. The van der Waals surface area contributed by atoms with Crippen LogP contribution in [-0.2, 0) is 10.0 Å². The minimum absolute atomic E-state index is 0.0197. The lowest BCUT2D eigenvalue weighted by atomic mass is 10.0. The maximum Gasteiger partial charge on any atom is 0.243 e. The Morgan fingerprint density at radius 3 is 2.74 bits per heavy atom. The van der Waals surface area contributed by atoms with Gasteiger partial charge in [0.15, 0.2) is 0 Å². The number of hydrogen-bond acceptors (Lipinski definition) is 3. The van der Waals surface area contributed by atoms with Crippen LogP contribution in [0.2, 0.25) is 0 Å². The Balaban J connectivity index is 2.28. The van der Waals surface area contributed by atoms with Gasteiger partial charge in [0.25, 0.3) is 0 Å². The second kappa shape index (κ2) is 5.46. The summed E-state index contributed by atoms with van der Waals surface area (Å²) >= 11 is 0. The maximum absolute atomic E-state index is 13.4. The molecule has 19 heavy (non-hydrogen) atoms. The zero-order valence-electron chi connectivity index (χ0n) is 11.0. The van der Waals surface area contributed by atoms with Crippen LogP contribution in [0.1, 0.15) is 26.2 Å². The molecule has 0 radical (unpaired) electrons. The summed E-state index contributed by atoms with van der Waals surface area (Å²) in [7, 11) is -3.61. The lowest BCUT2D eigenvalue weighted by Crippen LogP contribution is -2.32. The number of nitrogens with zero attached hydrogens (tertiary/aromatic N) is 1. The minimum Gasteiger partial charge on any atom is -0.396 e. The molecule has 1 aromatic carbocycles. The van der Waals surface area contributed by atoms with Crippen LogP contribution in [-0.4, -0.2) is 25.8 Å². The van der Waals surface area contributed by atoms with Crippen LogP contribution in [0.4, 0.5) is 10.1 Å². The van der Waals surface area contributed by atoms with Crippen molar-refractivity contribution in [3.05, 3.63) is 24.0 Å². The molecule has 0 bridgehead atoms. The zero-order chi connectivity index (χ0) is 14.0. The number of rotatable bonds is 2. The van der Waals surface area contributed by atoms with Gasteiger partial charge in [0.1, 0.15) is 5.82 Å². The van der Waals surface area contributed by atoms with Crippen molar-refractivity contribution in [2.75, 3.05) is 18.8 Å². The molecule has 6 heteroatoms. The number of hydrogen-bond donors (Lipinski definition) is 1. The second-order valence-electron chi connectivity index (χ2n) is 5.12. The highest BCUT2D eigenvalue weighted by Gasteiger charge is 2.27. The average Bonchev–Trinajstić information content (AvgIpc) is 2.57. The van der Waals surface area contributed by atoms with E-state index < -0.39 is 15.8 Å². The molecule has 1 unspecified atom stereocenters. The molecule has 0 aliphatic carbocycles.